The van der Waals surface area contributed by atoms with E-state index in [1.807, 2.05) is 30.3 Å². The Morgan fingerprint density at radius 2 is 1.86 bits per heavy atom. The van der Waals surface area contributed by atoms with Crippen molar-refractivity contribution in [1.29, 1.82) is 0 Å². The summed E-state index contributed by atoms with van der Waals surface area (Å²) in [5.74, 6) is 0.994. The van der Waals surface area contributed by atoms with Gasteiger partial charge in [-0.1, -0.05) is 18.2 Å². The molecular weight excluding hydrogens is 294 g/mol. The molecule has 3 N–H and O–H groups in total. The average molecular weight is 307 g/mol. The van der Waals surface area contributed by atoms with Gasteiger partial charge in [-0.3, -0.25) is 5.10 Å². The van der Waals surface area contributed by atoms with Gasteiger partial charge in [-0.05, 0) is 30.3 Å². The number of hydrogen-bond donors (Lipinski definition) is 3. The van der Waals surface area contributed by atoms with Crippen molar-refractivity contribution in [3.63, 3.8) is 0 Å². The summed E-state index contributed by atoms with van der Waals surface area (Å²) in [7, 11) is 0. The topological polar surface area (TPSA) is 60.9 Å². The van der Waals surface area contributed by atoms with E-state index in [1.54, 1.807) is 23.5 Å². The van der Waals surface area contributed by atoms with E-state index in [-0.39, 0.29) is 5.75 Å². The van der Waals surface area contributed by atoms with Crippen LogP contribution in [0.1, 0.15) is 0 Å². The molecule has 0 saturated carbocycles. The molecule has 108 valence electrons. The van der Waals surface area contributed by atoms with Gasteiger partial charge in [0.1, 0.15) is 5.75 Å². The second kappa shape index (κ2) is 5.20. The Morgan fingerprint density at radius 3 is 2.73 bits per heavy atom. The van der Waals surface area contributed by atoms with Crippen LogP contribution in [-0.4, -0.2) is 15.3 Å². The van der Waals surface area contributed by atoms with E-state index < -0.39 is 0 Å². The number of aromatic hydroxyl groups is 1. The van der Waals surface area contributed by atoms with Crippen LogP contribution in [0.5, 0.6) is 5.75 Å². The van der Waals surface area contributed by atoms with Crippen molar-refractivity contribution in [1.82, 2.24) is 10.2 Å². The summed E-state index contributed by atoms with van der Waals surface area (Å²) in [6.07, 6.45) is 0. The minimum absolute atomic E-state index is 0.248. The third-order valence-corrected chi connectivity index (χ3v) is 4.45. The van der Waals surface area contributed by atoms with Crippen molar-refractivity contribution in [2.24, 2.45) is 0 Å². The third kappa shape index (κ3) is 2.31. The number of aromatic amines is 1. The lowest BCUT2D eigenvalue weighted by atomic mass is 10.1. The van der Waals surface area contributed by atoms with Crippen LogP contribution in [0.25, 0.3) is 21.3 Å². The maximum Gasteiger partial charge on any atom is 0.152 e. The Bertz CT molecular complexity index is 924. The van der Waals surface area contributed by atoms with Gasteiger partial charge in [0.25, 0.3) is 0 Å². The van der Waals surface area contributed by atoms with Gasteiger partial charge in [-0.25, -0.2) is 0 Å². The van der Waals surface area contributed by atoms with Crippen molar-refractivity contribution in [3.8, 4) is 17.0 Å². The second-order valence-electron chi connectivity index (χ2n) is 4.98. The number of thiophene rings is 1. The number of rotatable bonds is 3. The molecule has 2 heterocycles. The molecule has 2 aromatic heterocycles. The fraction of sp³-hybridized carbons (Fsp3) is 0. The Balaban J connectivity index is 1.65. The van der Waals surface area contributed by atoms with Crippen molar-refractivity contribution in [2.75, 3.05) is 5.32 Å². The molecule has 0 saturated heterocycles. The van der Waals surface area contributed by atoms with E-state index in [0.29, 0.717) is 0 Å². The minimum Gasteiger partial charge on any atom is -0.508 e. The summed E-state index contributed by atoms with van der Waals surface area (Å²) in [4.78, 5) is 0. The number of fused-ring (bicyclic) bond motifs is 1. The van der Waals surface area contributed by atoms with Crippen LogP contribution in [0.15, 0.2) is 60.0 Å². The SMILES string of the molecule is Oc1ccc(Nc2cc(-c3csc4ccccc34)[nH]n2)cc1. The molecule has 0 fully saturated rings. The van der Waals surface area contributed by atoms with E-state index in [1.165, 1.54) is 10.1 Å². The van der Waals surface area contributed by atoms with Gasteiger partial charge in [0, 0.05) is 32.8 Å². The number of nitrogens with zero attached hydrogens (tertiary/aromatic N) is 1. The lowest BCUT2D eigenvalue weighted by molar-refractivity contribution is 0.475. The molecular formula is C17H13N3OS. The number of anilines is 2. The molecule has 0 spiro atoms. The summed E-state index contributed by atoms with van der Waals surface area (Å²) >= 11 is 1.73. The van der Waals surface area contributed by atoms with Gasteiger partial charge >= 0.3 is 0 Å². The first-order valence-corrected chi connectivity index (χ1v) is 7.76. The first-order chi connectivity index (χ1) is 10.8. The van der Waals surface area contributed by atoms with Crippen LogP contribution in [0.4, 0.5) is 11.5 Å². The van der Waals surface area contributed by atoms with Crippen molar-refractivity contribution >= 4 is 32.9 Å². The van der Waals surface area contributed by atoms with E-state index in [4.69, 9.17) is 0 Å². The van der Waals surface area contributed by atoms with Crippen LogP contribution in [-0.2, 0) is 0 Å². The number of phenolic OH excluding ortho intramolecular Hbond substituents is 1. The zero-order chi connectivity index (χ0) is 14.9. The molecule has 0 unspecified atom stereocenters. The molecule has 2 aromatic carbocycles. The standard InChI is InChI=1S/C17H13N3OS/c21-12-7-5-11(6-8-12)18-17-9-15(19-20-17)14-10-22-16-4-2-1-3-13(14)16/h1-10,21H,(H2,18,19,20). The van der Waals surface area contributed by atoms with Gasteiger partial charge in [0.15, 0.2) is 5.82 Å². The maximum absolute atomic E-state index is 9.30. The molecule has 4 rings (SSSR count). The fourth-order valence-corrected chi connectivity index (χ4v) is 3.36. The van der Waals surface area contributed by atoms with Crippen LogP contribution in [0, 0.1) is 0 Å². The largest absolute Gasteiger partial charge is 0.508 e. The number of benzene rings is 2. The number of hydrogen-bond acceptors (Lipinski definition) is 4. The lowest BCUT2D eigenvalue weighted by Gasteiger charge is -2.01. The predicted octanol–water partition coefficient (Wildman–Crippen LogP) is 4.74. The zero-order valence-electron chi connectivity index (χ0n) is 11.6. The monoisotopic (exact) mass is 307 g/mol. The molecule has 0 aliphatic carbocycles. The highest BCUT2D eigenvalue weighted by atomic mass is 32.1. The van der Waals surface area contributed by atoms with Gasteiger partial charge in [-0.2, -0.15) is 5.10 Å². The van der Waals surface area contributed by atoms with E-state index in [2.05, 4.69) is 33.0 Å². The van der Waals surface area contributed by atoms with E-state index >= 15 is 0 Å². The number of aromatic nitrogens is 2. The zero-order valence-corrected chi connectivity index (χ0v) is 12.4. The molecule has 5 heteroatoms. The Morgan fingerprint density at radius 1 is 1.05 bits per heavy atom. The summed E-state index contributed by atoms with van der Waals surface area (Å²) < 4.78 is 1.26. The van der Waals surface area contributed by atoms with Gasteiger partial charge in [0.2, 0.25) is 0 Å². The van der Waals surface area contributed by atoms with Gasteiger partial charge in [0.05, 0.1) is 5.69 Å². The molecule has 0 amide bonds. The van der Waals surface area contributed by atoms with E-state index in [9.17, 15) is 5.11 Å². The van der Waals surface area contributed by atoms with Crippen molar-refractivity contribution in [2.45, 2.75) is 0 Å². The molecule has 0 radical (unpaired) electrons. The van der Waals surface area contributed by atoms with Gasteiger partial charge < -0.3 is 10.4 Å². The highest BCUT2D eigenvalue weighted by Gasteiger charge is 2.09. The molecule has 0 atom stereocenters. The van der Waals surface area contributed by atoms with Crippen molar-refractivity contribution in [3.05, 3.63) is 60.0 Å². The number of H-pyrrole nitrogens is 1. The summed E-state index contributed by atoms with van der Waals surface area (Å²) in [6.45, 7) is 0. The summed E-state index contributed by atoms with van der Waals surface area (Å²) in [6, 6.07) is 17.2. The minimum atomic E-state index is 0.248. The smallest absolute Gasteiger partial charge is 0.152 e. The van der Waals surface area contributed by atoms with Crippen LogP contribution in [0.2, 0.25) is 0 Å². The van der Waals surface area contributed by atoms with Crippen LogP contribution in [0.3, 0.4) is 0 Å². The Labute approximate surface area is 131 Å². The second-order valence-corrected chi connectivity index (χ2v) is 5.90. The summed E-state index contributed by atoms with van der Waals surface area (Å²) in [5.41, 5.74) is 3.02. The Hall–Kier alpha value is -2.79. The lowest BCUT2D eigenvalue weighted by Crippen LogP contribution is -1.89. The molecule has 0 aliphatic heterocycles. The predicted molar refractivity (Wildman–Crippen MR) is 90.8 cm³/mol. The first-order valence-electron chi connectivity index (χ1n) is 6.88. The van der Waals surface area contributed by atoms with Crippen LogP contribution < -0.4 is 5.32 Å². The quantitative estimate of drug-likeness (QED) is 0.479. The highest BCUT2D eigenvalue weighted by Crippen LogP contribution is 2.33. The fourth-order valence-electron chi connectivity index (χ4n) is 2.40. The molecule has 0 aliphatic rings. The summed E-state index contributed by atoms with van der Waals surface area (Å²) in [5, 5.41) is 23.3. The molecule has 4 aromatic rings. The number of nitrogens with one attached hydrogen (secondary N) is 2. The van der Waals surface area contributed by atoms with Gasteiger partial charge in [-0.15, -0.1) is 11.3 Å². The normalized spacial score (nSPS) is 10.9. The average Bonchev–Trinajstić information content (AvgIpc) is 3.16. The Kier molecular flexibility index (Phi) is 3.05. The van der Waals surface area contributed by atoms with Crippen LogP contribution >= 0.6 is 11.3 Å². The molecule has 0 bridgehead atoms. The van der Waals surface area contributed by atoms with Crippen molar-refractivity contribution < 1.29 is 5.11 Å². The van der Waals surface area contributed by atoms with E-state index in [0.717, 1.165) is 22.8 Å². The maximum atomic E-state index is 9.30. The first kappa shape index (κ1) is 12.9. The number of phenols is 1. The third-order valence-electron chi connectivity index (χ3n) is 3.49. The molecule has 22 heavy (non-hydrogen) atoms. The molecule has 4 nitrogen and oxygen atoms in total. The highest BCUT2D eigenvalue weighted by molar-refractivity contribution is 7.17.